The number of carbonyl (C=O) groups excluding carboxylic acids is 1. The Morgan fingerprint density at radius 1 is 1.12 bits per heavy atom. The second-order valence-electron chi connectivity index (χ2n) is 3.36. The van der Waals surface area contributed by atoms with Gasteiger partial charge >= 0.3 is 0 Å². The molecule has 0 radical (unpaired) electrons. The van der Waals surface area contributed by atoms with Crippen LogP contribution in [0.5, 0.6) is 0 Å². The number of carbonyl (C=O) groups is 1. The van der Waals surface area contributed by atoms with Crippen LogP contribution in [0.15, 0.2) is 52.3 Å². The van der Waals surface area contributed by atoms with Crippen LogP contribution in [0.2, 0.25) is 5.02 Å². The molecule has 0 aliphatic rings. The van der Waals surface area contributed by atoms with Crippen LogP contribution in [0.25, 0.3) is 0 Å². The van der Waals surface area contributed by atoms with Crippen molar-refractivity contribution in [3.8, 4) is 0 Å². The summed E-state index contributed by atoms with van der Waals surface area (Å²) in [6.45, 7) is 0. The lowest BCUT2D eigenvalue weighted by Gasteiger charge is -2.05. The lowest BCUT2D eigenvalue weighted by Crippen LogP contribution is -1.85. The summed E-state index contributed by atoms with van der Waals surface area (Å²) in [5.41, 5.74) is 0.573. The summed E-state index contributed by atoms with van der Waals surface area (Å²) in [7, 11) is 0. The smallest absolute Gasteiger partial charge is 0.151 e. The maximum Gasteiger partial charge on any atom is 0.151 e. The predicted molar refractivity (Wildman–Crippen MR) is 67.4 cm³/mol. The Morgan fingerprint density at radius 3 is 2.47 bits per heavy atom. The number of halogens is 2. The molecule has 2 aromatic rings. The zero-order chi connectivity index (χ0) is 12.3. The molecule has 0 atom stereocenters. The quantitative estimate of drug-likeness (QED) is 0.764. The van der Waals surface area contributed by atoms with Crippen molar-refractivity contribution in [2.75, 3.05) is 0 Å². The normalized spacial score (nSPS) is 10.2. The fourth-order valence-electron chi connectivity index (χ4n) is 1.32. The van der Waals surface area contributed by atoms with Crippen LogP contribution >= 0.6 is 23.4 Å². The van der Waals surface area contributed by atoms with Crippen molar-refractivity contribution in [3.63, 3.8) is 0 Å². The minimum Gasteiger partial charge on any atom is -0.298 e. The number of hydrogen-bond donors (Lipinski definition) is 0. The van der Waals surface area contributed by atoms with Gasteiger partial charge < -0.3 is 0 Å². The van der Waals surface area contributed by atoms with E-state index in [1.165, 1.54) is 23.9 Å². The summed E-state index contributed by atoms with van der Waals surface area (Å²) >= 11 is 7.26. The summed E-state index contributed by atoms with van der Waals surface area (Å²) in [5, 5.41) is 0.570. The molecule has 0 aromatic heterocycles. The molecule has 2 rings (SSSR count). The highest BCUT2D eigenvalue weighted by atomic mass is 35.5. The number of hydrogen-bond acceptors (Lipinski definition) is 2. The third-order valence-corrected chi connectivity index (χ3v) is 3.46. The molecule has 86 valence electrons. The van der Waals surface area contributed by atoms with Crippen LogP contribution in [0.4, 0.5) is 4.39 Å². The van der Waals surface area contributed by atoms with E-state index in [-0.39, 0.29) is 5.82 Å². The monoisotopic (exact) mass is 266 g/mol. The van der Waals surface area contributed by atoms with Gasteiger partial charge in [-0.15, -0.1) is 0 Å². The molecule has 0 N–H and O–H groups in total. The maximum atomic E-state index is 12.7. The van der Waals surface area contributed by atoms with Crippen LogP contribution in [-0.4, -0.2) is 6.29 Å². The first-order chi connectivity index (χ1) is 8.19. The van der Waals surface area contributed by atoms with Crippen LogP contribution in [0.1, 0.15) is 10.4 Å². The van der Waals surface area contributed by atoms with E-state index >= 15 is 0 Å². The van der Waals surface area contributed by atoms with Gasteiger partial charge in [0, 0.05) is 20.4 Å². The Bertz CT molecular complexity index is 540. The van der Waals surface area contributed by atoms with Gasteiger partial charge in [0.15, 0.2) is 6.29 Å². The fraction of sp³-hybridized carbons (Fsp3) is 0. The predicted octanol–water partition coefficient (Wildman–Crippen LogP) is 4.44. The van der Waals surface area contributed by atoms with Gasteiger partial charge in [0.1, 0.15) is 5.82 Å². The van der Waals surface area contributed by atoms with E-state index in [1.54, 1.807) is 30.3 Å². The number of rotatable bonds is 3. The van der Waals surface area contributed by atoms with E-state index in [4.69, 9.17) is 11.6 Å². The minimum absolute atomic E-state index is 0.281. The Balaban J connectivity index is 2.31. The van der Waals surface area contributed by atoms with Crippen LogP contribution < -0.4 is 0 Å². The fourth-order valence-corrected chi connectivity index (χ4v) is 2.51. The first-order valence-electron chi connectivity index (χ1n) is 4.87. The van der Waals surface area contributed by atoms with Crippen molar-refractivity contribution < 1.29 is 9.18 Å². The Kier molecular flexibility index (Phi) is 3.82. The molecule has 17 heavy (non-hydrogen) atoms. The molecule has 0 aliphatic carbocycles. The van der Waals surface area contributed by atoms with Gasteiger partial charge in [-0.05, 0) is 42.5 Å². The first-order valence-corrected chi connectivity index (χ1v) is 6.06. The lowest BCUT2D eigenvalue weighted by molar-refractivity contribution is 0.112. The van der Waals surface area contributed by atoms with E-state index in [2.05, 4.69) is 0 Å². The van der Waals surface area contributed by atoms with Crippen molar-refractivity contribution in [1.82, 2.24) is 0 Å². The third kappa shape index (κ3) is 3.08. The molecule has 0 saturated heterocycles. The SMILES string of the molecule is O=Cc1ccc(Cl)cc1Sc1ccc(F)cc1. The molecule has 0 unspecified atom stereocenters. The molecule has 0 spiro atoms. The highest BCUT2D eigenvalue weighted by Gasteiger charge is 2.05. The van der Waals surface area contributed by atoms with Gasteiger partial charge in [-0.25, -0.2) is 4.39 Å². The van der Waals surface area contributed by atoms with Crippen molar-refractivity contribution >= 4 is 29.6 Å². The first kappa shape index (κ1) is 12.1. The molecular weight excluding hydrogens is 259 g/mol. The van der Waals surface area contributed by atoms with E-state index < -0.39 is 0 Å². The van der Waals surface area contributed by atoms with Gasteiger partial charge in [-0.3, -0.25) is 4.79 Å². The molecule has 2 aromatic carbocycles. The summed E-state index contributed by atoms with van der Waals surface area (Å²) in [5.74, 6) is -0.281. The van der Waals surface area contributed by atoms with Crippen LogP contribution in [0.3, 0.4) is 0 Å². The van der Waals surface area contributed by atoms with Gasteiger partial charge in [0.2, 0.25) is 0 Å². The van der Waals surface area contributed by atoms with Crippen molar-refractivity contribution in [2.24, 2.45) is 0 Å². The zero-order valence-corrected chi connectivity index (χ0v) is 10.3. The van der Waals surface area contributed by atoms with Crippen molar-refractivity contribution in [2.45, 2.75) is 9.79 Å². The van der Waals surface area contributed by atoms with E-state index in [0.29, 0.717) is 10.6 Å². The molecular formula is C13H8ClFOS. The number of aldehydes is 1. The summed E-state index contributed by atoms with van der Waals surface area (Å²) in [4.78, 5) is 12.5. The zero-order valence-electron chi connectivity index (χ0n) is 8.69. The number of benzene rings is 2. The van der Waals surface area contributed by atoms with Crippen molar-refractivity contribution in [1.29, 1.82) is 0 Å². The van der Waals surface area contributed by atoms with Gasteiger partial charge in [-0.1, -0.05) is 23.4 Å². The molecule has 0 saturated carbocycles. The van der Waals surface area contributed by atoms with Crippen molar-refractivity contribution in [3.05, 3.63) is 58.9 Å². The molecule has 0 fully saturated rings. The average molecular weight is 267 g/mol. The second kappa shape index (κ2) is 5.34. The van der Waals surface area contributed by atoms with Crippen LogP contribution in [-0.2, 0) is 0 Å². The summed E-state index contributed by atoms with van der Waals surface area (Å²) in [6, 6.07) is 11.1. The molecule has 0 aliphatic heterocycles. The Hall–Kier alpha value is -1.32. The lowest BCUT2D eigenvalue weighted by atomic mass is 10.2. The molecule has 4 heteroatoms. The Morgan fingerprint density at radius 2 is 1.82 bits per heavy atom. The molecule has 0 amide bonds. The van der Waals surface area contributed by atoms with Gasteiger partial charge in [0.05, 0.1) is 0 Å². The molecule has 0 bridgehead atoms. The summed E-state index contributed by atoms with van der Waals surface area (Å²) in [6.07, 6.45) is 0.780. The topological polar surface area (TPSA) is 17.1 Å². The molecule has 0 heterocycles. The summed E-state index contributed by atoms with van der Waals surface area (Å²) < 4.78 is 12.7. The standard InChI is InChI=1S/C13H8ClFOS/c14-10-2-1-9(8-16)13(7-10)17-12-5-3-11(15)4-6-12/h1-8H. The average Bonchev–Trinajstić information content (AvgIpc) is 2.32. The third-order valence-electron chi connectivity index (χ3n) is 2.14. The highest BCUT2D eigenvalue weighted by Crippen LogP contribution is 2.31. The highest BCUT2D eigenvalue weighted by molar-refractivity contribution is 7.99. The Labute approximate surface area is 108 Å². The minimum atomic E-state index is -0.281. The van der Waals surface area contributed by atoms with Crippen LogP contribution in [0, 0.1) is 5.82 Å². The second-order valence-corrected chi connectivity index (χ2v) is 4.91. The van der Waals surface area contributed by atoms with E-state index in [9.17, 15) is 9.18 Å². The van der Waals surface area contributed by atoms with E-state index in [1.807, 2.05) is 0 Å². The maximum absolute atomic E-state index is 12.7. The van der Waals surface area contributed by atoms with Gasteiger partial charge in [0.25, 0.3) is 0 Å². The largest absolute Gasteiger partial charge is 0.298 e. The van der Waals surface area contributed by atoms with E-state index in [0.717, 1.165) is 16.1 Å². The van der Waals surface area contributed by atoms with Gasteiger partial charge in [-0.2, -0.15) is 0 Å². The molecule has 1 nitrogen and oxygen atoms in total.